The summed E-state index contributed by atoms with van der Waals surface area (Å²) in [5.74, 6) is -0.0755. The van der Waals surface area contributed by atoms with Crippen LogP contribution in [0.25, 0.3) is 0 Å². The third-order valence-electron chi connectivity index (χ3n) is 4.40. The van der Waals surface area contributed by atoms with Gasteiger partial charge in [-0.05, 0) is 62.3 Å². The summed E-state index contributed by atoms with van der Waals surface area (Å²) in [6.45, 7) is 4.00. The SMILES string of the molecule is Cc1ccc(C(=O)Cn2nc3c(cc2=O)CCCC3)cc1C. The van der Waals surface area contributed by atoms with Gasteiger partial charge in [0.05, 0.1) is 5.69 Å². The van der Waals surface area contributed by atoms with Gasteiger partial charge in [0.25, 0.3) is 5.56 Å². The van der Waals surface area contributed by atoms with Crippen molar-refractivity contribution in [2.24, 2.45) is 0 Å². The largest absolute Gasteiger partial charge is 0.292 e. The molecule has 0 aliphatic heterocycles. The number of aromatic nitrogens is 2. The van der Waals surface area contributed by atoms with E-state index in [4.69, 9.17) is 0 Å². The van der Waals surface area contributed by atoms with Gasteiger partial charge < -0.3 is 0 Å². The van der Waals surface area contributed by atoms with E-state index in [0.717, 1.165) is 48.1 Å². The molecular formula is C18H20N2O2. The maximum Gasteiger partial charge on any atom is 0.267 e. The Morgan fingerprint density at radius 2 is 1.91 bits per heavy atom. The first-order valence-corrected chi connectivity index (χ1v) is 7.75. The number of carbonyl (C=O) groups excluding carboxylic acids is 1. The zero-order valence-corrected chi connectivity index (χ0v) is 13.1. The lowest BCUT2D eigenvalue weighted by atomic mass is 9.97. The monoisotopic (exact) mass is 296 g/mol. The molecule has 2 aromatic rings. The molecule has 0 spiro atoms. The summed E-state index contributed by atoms with van der Waals surface area (Å²) < 4.78 is 1.31. The zero-order valence-electron chi connectivity index (χ0n) is 13.1. The maximum atomic E-state index is 12.4. The molecule has 0 amide bonds. The van der Waals surface area contributed by atoms with E-state index in [9.17, 15) is 9.59 Å². The summed E-state index contributed by atoms with van der Waals surface area (Å²) >= 11 is 0. The van der Waals surface area contributed by atoms with Crippen LogP contribution in [0.1, 0.15) is 45.6 Å². The highest BCUT2D eigenvalue weighted by molar-refractivity contribution is 5.96. The summed E-state index contributed by atoms with van der Waals surface area (Å²) in [7, 11) is 0. The first-order valence-electron chi connectivity index (χ1n) is 7.75. The minimum atomic E-state index is -0.183. The van der Waals surface area contributed by atoms with Crippen LogP contribution < -0.4 is 5.56 Å². The highest BCUT2D eigenvalue weighted by Gasteiger charge is 2.15. The van der Waals surface area contributed by atoms with E-state index in [1.54, 1.807) is 6.07 Å². The molecule has 1 aromatic heterocycles. The number of rotatable bonds is 3. The van der Waals surface area contributed by atoms with Crippen molar-refractivity contribution < 1.29 is 4.79 Å². The van der Waals surface area contributed by atoms with Crippen molar-refractivity contribution in [3.63, 3.8) is 0 Å². The average molecular weight is 296 g/mol. The van der Waals surface area contributed by atoms with Gasteiger partial charge >= 0.3 is 0 Å². The van der Waals surface area contributed by atoms with Gasteiger partial charge in [0, 0.05) is 11.6 Å². The van der Waals surface area contributed by atoms with Gasteiger partial charge in [0.2, 0.25) is 0 Å². The van der Waals surface area contributed by atoms with E-state index in [0.29, 0.717) is 5.56 Å². The average Bonchev–Trinajstić information content (AvgIpc) is 2.50. The molecule has 1 heterocycles. The Morgan fingerprint density at radius 3 is 2.68 bits per heavy atom. The number of hydrogen-bond donors (Lipinski definition) is 0. The van der Waals surface area contributed by atoms with E-state index in [1.165, 1.54) is 4.68 Å². The zero-order chi connectivity index (χ0) is 15.7. The van der Waals surface area contributed by atoms with Gasteiger partial charge in [-0.15, -0.1) is 0 Å². The summed E-state index contributed by atoms with van der Waals surface area (Å²) in [4.78, 5) is 24.5. The number of fused-ring (bicyclic) bond motifs is 1. The molecular weight excluding hydrogens is 276 g/mol. The molecule has 0 N–H and O–H groups in total. The predicted molar refractivity (Wildman–Crippen MR) is 85.4 cm³/mol. The number of aryl methyl sites for hydroxylation is 4. The third kappa shape index (κ3) is 2.86. The number of carbonyl (C=O) groups is 1. The van der Waals surface area contributed by atoms with Crippen molar-refractivity contribution in [1.82, 2.24) is 9.78 Å². The van der Waals surface area contributed by atoms with Gasteiger partial charge in [0.15, 0.2) is 5.78 Å². The summed E-state index contributed by atoms with van der Waals surface area (Å²) in [6.07, 6.45) is 4.03. The molecule has 1 aliphatic carbocycles. The van der Waals surface area contributed by atoms with Crippen molar-refractivity contribution >= 4 is 5.78 Å². The Morgan fingerprint density at radius 1 is 1.14 bits per heavy atom. The first kappa shape index (κ1) is 14.7. The van der Waals surface area contributed by atoms with Crippen LogP contribution in [-0.4, -0.2) is 15.6 Å². The van der Waals surface area contributed by atoms with Crippen LogP contribution in [-0.2, 0) is 19.4 Å². The molecule has 0 atom stereocenters. The van der Waals surface area contributed by atoms with E-state index in [1.807, 2.05) is 32.0 Å². The standard InChI is InChI=1S/C18H20N2O2/c1-12-7-8-15(9-13(12)2)17(21)11-20-18(22)10-14-5-3-4-6-16(14)19-20/h7-10H,3-6,11H2,1-2H3. The molecule has 1 aromatic carbocycles. The maximum absolute atomic E-state index is 12.4. The van der Waals surface area contributed by atoms with Crippen LogP contribution in [0.5, 0.6) is 0 Å². The second kappa shape index (κ2) is 5.87. The van der Waals surface area contributed by atoms with Crippen LogP contribution >= 0.6 is 0 Å². The van der Waals surface area contributed by atoms with Gasteiger partial charge in [-0.1, -0.05) is 12.1 Å². The molecule has 0 unspecified atom stereocenters. The minimum Gasteiger partial charge on any atom is -0.292 e. The summed E-state index contributed by atoms with van der Waals surface area (Å²) in [5, 5.41) is 4.40. The Hall–Kier alpha value is -2.23. The van der Waals surface area contributed by atoms with Crippen LogP contribution in [0.3, 0.4) is 0 Å². The lowest BCUT2D eigenvalue weighted by molar-refractivity contribution is 0.0965. The van der Waals surface area contributed by atoms with Gasteiger partial charge in [0.1, 0.15) is 6.54 Å². The number of nitrogens with zero attached hydrogens (tertiary/aromatic N) is 2. The van der Waals surface area contributed by atoms with Crippen LogP contribution in [0.15, 0.2) is 29.1 Å². The Bertz CT molecular complexity index is 790. The summed E-state index contributed by atoms with van der Waals surface area (Å²) in [5.41, 5.74) is 4.70. The third-order valence-corrected chi connectivity index (χ3v) is 4.40. The predicted octanol–water partition coefficient (Wildman–Crippen LogP) is 2.62. The lowest BCUT2D eigenvalue weighted by Crippen LogP contribution is -2.29. The first-order chi connectivity index (χ1) is 10.5. The topological polar surface area (TPSA) is 52.0 Å². The second-order valence-corrected chi connectivity index (χ2v) is 6.04. The highest BCUT2D eigenvalue weighted by atomic mass is 16.1. The molecule has 3 rings (SSSR count). The Labute approximate surface area is 129 Å². The molecule has 0 fully saturated rings. The van der Waals surface area contributed by atoms with Crippen molar-refractivity contribution in [2.45, 2.75) is 46.1 Å². The van der Waals surface area contributed by atoms with Crippen molar-refractivity contribution in [3.05, 3.63) is 62.6 Å². The van der Waals surface area contributed by atoms with Crippen molar-refractivity contribution in [1.29, 1.82) is 0 Å². The van der Waals surface area contributed by atoms with Crippen LogP contribution in [0, 0.1) is 13.8 Å². The molecule has 0 saturated carbocycles. The fourth-order valence-corrected chi connectivity index (χ4v) is 2.86. The van der Waals surface area contributed by atoms with Crippen molar-refractivity contribution in [3.8, 4) is 0 Å². The second-order valence-electron chi connectivity index (χ2n) is 6.04. The number of benzene rings is 1. The molecule has 0 saturated heterocycles. The molecule has 1 aliphatic rings. The molecule has 4 nitrogen and oxygen atoms in total. The molecule has 22 heavy (non-hydrogen) atoms. The number of Topliss-reactive ketones (excluding diaryl/α,β-unsaturated/α-hetero) is 1. The fourth-order valence-electron chi connectivity index (χ4n) is 2.86. The van der Waals surface area contributed by atoms with Crippen LogP contribution in [0.2, 0.25) is 0 Å². The minimum absolute atomic E-state index is 0.00855. The molecule has 0 radical (unpaired) electrons. The van der Waals surface area contributed by atoms with Gasteiger partial charge in [-0.2, -0.15) is 5.10 Å². The molecule has 0 bridgehead atoms. The van der Waals surface area contributed by atoms with E-state index in [2.05, 4.69) is 5.10 Å². The van der Waals surface area contributed by atoms with E-state index < -0.39 is 0 Å². The molecule has 114 valence electrons. The van der Waals surface area contributed by atoms with Gasteiger partial charge in [-0.25, -0.2) is 4.68 Å². The quantitative estimate of drug-likeness (QED) is 0.818. The van der Waals surface area contributed by atoms with Gasteiger partial charge in [-0.3, -0.25) is 9.59 Å². The highest BCUT2D eigenvalue weighted by Crippen LogP contribution is 2.17. The normalized spacial score (nSPS) is 13.7. The fraction of sp³-hybridized carbons (Fsp3) is 0.389. The molecule has 4 heteroatoms. The van der Waals surface area contributed by atoms with E-state index in [-0.39, 0.29) is 17.9 Å². The number of hydrogen-bond acceptors (Lipinski definition) is 3. The smallest absolute Gasteiger partial charge is 0.267 e. The Kier molecular flexibility index (Phi) is 3.92. The Balaban J connectivity index is 1.87. The lowest BCUT2D eigenvalue weighted by Gasteiger charge is -2.15. The van der Waals surface area contributed by atoms with E-state index >= 15 is 0 Å². The summed E-state index contributed by atoms with van der Waals surface area (Å²) in [6, 6.07) is 7.27. The van der Waals surface area contributed by atoms with Crippen molar-refractivity contribution in [2.75, 3.05) is 0 Å². The number of ketones is 1. The van der Waals surface area contributed by atoms with Crippen LogP contribution in [0.4, 0.5) is 0 Å².